The quantitative estimate of drug-likeness (QED) is 0.209. The van der Waals surface area contributed by atoms with Gasteiger partial charge in [0.05, 0.1) is 5.97 Å². The maximum absolute atomic E-state index is 9.75. The zero-order valence-electron chi connectivity index (χ0n) is 20.3. The zero-order valence-corrected chi connectivity index (χ0v) is 23.5. The Morgan fingerprint density at radius 1 is 0.500 bits per heavy atom. The second-order valence-corrected chi connectivity index (χ2v) is 4.87. The predicted octanol–water partition coefficient (Wildman–Crippen LogP) is 0.645. The van der Waals surface area contributed by atoms with Gasteiger partial charge in [-0.3, -0.25) is 0 Å². The van der Waals surface area contributed by atoms with Crippen molar-refractivity contribution in [3.8, 4) is 0 Å². The van der Waals surface area contributed by atoms with Crippen molar-refractivity contribution in [1.29, 1.82) is 0 Å². The fraction of sp³-hybridized carbons (Fsp3) is 0.167. The molecule has 0 atom stereocenters. The Kier molecular flexibility index (Phi) is 53.9. The molecule has 0 aliphatic carbocycles. The number of hydrogen-bond donors (Lipinski definition) is 4. The van der Waals surface area contributed by atoms with Crippen LogP contribution < -0.4 is 62.6 Å². The molecule has 0 saturated heterocycles. The van der Waals surface area contributed by atoms with E-state index in [4.69, 9.17) is 15.3 Å². The number of carbonyl (C=O) groups excluding carboxylic acids is 1. The van der Waals surface area contributed by atoms with Crippen molar-refractivity contribution < 1.29 is 91.0 Å². The molecule has 0 unspecified atom stereocenters. The molecule has 0 spiro atoms. The molecule has 0 amide bonds. The summed E-state index contributed by atoms with van der Waals surface area (Å²) in [6, 6.07) is 0. The minimum absolute atomic E-state index is 0. The minimum atomic E-state index is -1.16. The van der Waals surface area contributed by atoms with Gasteiger partial charge in [-0.05, 0) is 33.8 Å². The Hall–Kier alpha value is -2.60. The van der Waals surface area contributed by atoms with Gasteiger partial charge >= 0.3 is 69.3 Å². The molecule has 0 aromatic rings. The van der Waals surface area contributed by atoms with Gasteiger partial charge in [0.25, 0.3) is 0 Å². The summed E-state index contributed by atoms with van der Waals surface area (Å²) in [6.45, 7) is 7.28. The van der Waals surface area contributed by atoms with Gasteiger partial charge in [0.2, 0.25) is 0 Å². The smallest absolute Gasteiger partial charge is 0.545 e. The van der Waals surface area contributed by atoms with Crippen molar-refractivity contribution in [1.82, 2.24) is 6.15 Å². The van der Waals surface area contributed by atoms with E-state index in [1.807, 2.05) is 20.8 Å². The standard InChI is InChI=1S/4C6H8O2.K.H3N/c4*1-2-3-4-5-6(7)8;;/h4*2-5H,1H3,(H,7,8);;1H3/q;;;;+1;/p-1/b4*3-2+,5-4+;;. The first kappa shape index (κ1) is 45.0. The normalized spacial score (nSPS) is 10.5. The number of carboxylic acid groups (broad SMARTS) is 4. The summed E-state index contributed by atoms with van der Waals surface area (Å²) >= 11 is 0. The number of allylic oxidation sites excluding steroid dienone is 12. The zero-order chi connectivity index (χ0) is 25.6. The van der Waals surface area contributed by atoms with Gasteiger partial charge in [-0.1, -0.05) is 72.9 Å². The van der Waals surface area contributed by atoms with Crippen molar-refractivity contribution in [2.75, 3.05) is 0 Å². The summed E-state index contributed by atoms with van der Waals surface area (Å²) in [7, 11) is 0. The van der Waals surface area contributed by atoms with Crippen LogP contribution in [0.15, 0.2) is 97.2 Å². The summed E-state index contributed by atoms with van der Waals surface area (Å²) in [4.78, 5) is 38.9. The average molecular weight is 504 g/mol. The van der Waals surface area contributed by atoms with Crippen LogP contribution in [0.25, 0.3) is 0 Å². The molecule has 0 fully saturated rings. The van der Waals surface area contributed by atoms with Gasteiger partial charge < -0.3 is 31.4 Å². The van der Waals surface area contributed by atoms with E-state index >= 15 is 0 Å². The Morgan fingerprint density at radius 3 is 0.853 bits per heavy atom. The first-order valence-corrected chi connectivity index (χ1v) is 9.16. The topological polar surface area (TPSA) is 187 Å². The van der Waals surface area contributed by atoms with Crippen LogP contribution >= 0.6 is 0 Å². The molecule has 34 heavy (non-hydrogen) atoms. The van der Waals surface area contributed by atoms with E-state index in [-0.39, 0.29) is 57.5 Å². The third-order valence-corrected chi connectivity index (χ3v) is 2.16. The predicted molar refractivity (Wildman–Crippen MR) is 129 cm³/mol. The molecule has 10 heteroatoms. The van der Waals surface area contributed by atoms with Gasteiger partial charge in [-0.2, -0.15) is 0 Å². The van der Waals surface area contributed by atoms with Crippen LogP contribution in [-0.4, -0.2) is 39.2 Å². The summed E-state index contributed by atoms with van der Waals surface area (Å²) in [5, 5.41) is 33.7. The van der Waals surface area contributed by atoms with E-state index < -0.39 is 23.9 Å². The molecule has 0 radical (unpaired) electrons. The molecule has 184 valence electrons. The van der Waals surface area contributed by atoms with Crippen LogP contribution in [0.5, 0.6) is 0 Å². The van der Waals surface area contributed by atoms with E-state index in [0.717, 1.165) is 24.3 Å². The number of carboxylic acids is 4. The molecule has 0 aliphatic rings. The number of hydrogen-bond acceptors (Lipinski definition) is 6. The SMILES string of the molecule is C/C=C/C=C/C(=O)O.C/C=C/C=C/C(=O)O.C/C=C/C=C/C(=O)O.C/C=C/C=C/C(=O)[O-].N.[K+]. The van der Waals surface area contributed by atoms with Gasteiger partial charge in [-0.15, -0.1) is 0 Å². The van der Waals surface area contributed by atoms with E-state index in [1.165, 1.54) is 24.3 Å². The number of aliphatic carboxylic acids is 4. The number of carbonyl (C=O) groups is 4. The van der Waals surface area contributed by atoms with Gasteiger partial charge in [0, 0.05) is 18.2 Å². The van der Waals surface area contributed by atoms with Crippen molar-refractivity contribution >= 4 is 23.9 Å². The molecule has 0 aromatic carbocycles. The largest absolute Gasteiger partial charge is 1.00 e. The van der Waals surface area contributed by atoms with E-state index in [2.05, 4.69) is 0 Å². The van der Waals surface area contributed by atoms with Crippen LogP contribution in [-0.2, 0) is 19.2 Å². The number of rotatable bonds is 8. The van der Waals surface area contributed by atoms with E-state index in [0.29, 0.717) is 0 Å². The molecule has 9 nitrogen and oxygen atoms in total. The first-order valence-electron chi connectivity index (χ1n) is 9.16. The summed E-state index contributed by atoms with van der Waals surface area (Å²) in [5.41, 5.74) is 0. The second kappa shape index (κ2) is 40.7. The van der Waals surface area contributed by atoms with E-state index in [9.17, 15) is 24.3 Å². The fourth-order valence-corrected chi connectivity index (χ4v) is 0.992. The summed E-state index contributed by atoms with van der Waals surface area (Å²) in [6.07, 6.45) is 23.7. The molecule has 6 N–H and O–H groups in total. The second-order valence-electron chi connectivity index (χ2n) is 4.87. The molecule has 0 bridgehead atoms. The first-order chi connectivity index (χ1) is 15.1. The van der Waals surface area contributed by atoms with Crippen molar-refractivity contribution in [2.45, 2.75) is 27.7 Å². The Morgan fingerprint density at radius 2 is 0.706 bits per heavy atom. The minimum Gasteiger partial charge on any atom is -0.545 e. The van der Waals surface area contributed by atoms with Crippen LogP contribution in [0, 0.1) is 0 Å². The fourth-order valence-electron chi connectivity index (χ4n) is 0.992. The molecule has 0 saturated carbocycles. The van der Waals surface area contributed by atoms with Gasteiger partial charge in [0.1, 0.15) is 0 Å². The maximum Gasteiger partial charge on any atom is 1.00 e. The third-order valence-electron chi connectivity index (χ3n) is 2.16. The van der Waals surface area contributed by atoms with Crippen molar-refractivity contribution in [3.63, 3.8) is 0 Å². The molecular weight excluding hydrogens is 469 g/mol. The summed E-state index contributed by atoms with van der Waals surface area (Å²) < 4.78 is 0. The van der Waals surface area contributed by atoms with E-state index in [1.54, 1.807) is 55.5 Å². The molecular formula is C24H34KNO8. The molecule has 0 aromatic heterocycles. The van der Waals surface area contributed by atoms with Crippen LogP contribution in [0.2, 0.25) is 0 Å². The Labute approximate surface area is 244 Å². The summed E-state index contributed by atoms with van der Waals surface area (Å²) in [5.74, 6) is -3.91. The van der Waals surface area contributed by atoms with Crippen molar-refractivity contribution in [3.05, 3.63) is 97.2 Å². The third kappa shape index (κ3) is 78.3. The van der Waals surface area contributed by atoms with Crippen LogP contribution in [0.3, 0.4) is 0 Å². The molecule has 0 rings (SSSR count). The monoisotopic (exact) mass is 503 g/mol. The molecule has 0 aliphatic heterocycles. The van der Waals surface area contributed by atoms with Crippen LogP contribution in [0.4, 0.5) is 0 Å². The Balaban J connectivity index is -0.0000000754. The van der Waals surface area contributed by atoms with Gasteiger partial charge in [0.15, 0.2) is 0 Å². The maximum atomic E-state index is 9.75. The average Bonchev–Trinajstić information content (AvgIpc) is 2.69. The Bertz CT molecular complexity index is 631. The van der Waals surface area contributed by atoms with Crippen molar-refractivity contribution in [2.24, 2.45) is 0 Å². The van der Waals surface area contributed by atoms with Gasteiger partial charge in [-0.25, -0.2) is 14.4 Å². The molecule has 0 heterocycles. The van der Waals surface area contributed by atoms with Crippen LogP contribution in [0.1, 0.15) is 27.7 Å².